The summed E-state index contributed by atoms with van der Waals surface area (Å²) < 4.78 is 16.1. The monoisotopic (exact) mass is 486 g/mol. The fraction of sp³-hybridized carbons (Fsp3) is 0.368. The summed E-state index contributed by atoms with van der Waals surface area (Å²) in [5.41, 5.74) is 7.87. The number of rotatable bonds is 9. The zero-order valence-electron chi connectivity index (χ0n) is 15.9. The first kappa shape index (κ1) is 22.8. The number of aromatic nitrogens is 1. The van der Waals surface area contributed by atoms with Crippen LogP contribution in [-0.4, -0.2) is 45.4 Å². The molecule has 8 heteroatoms. The number of methoxy groups -OCH3 is 3. The first-order valence-corrected chi connectivity index (χ1v) is 8.40. The summed E-state index contributed by atoms with van der Waals surface area (Å²) in [5.74, 6) is 2.53. The molecule has 1 heterocycles. The average Bonchev–Trinajstić information content (AvgIpc) is 2.68. The molecule has 0 atom stereocenters. The SMILES string of the molecule is COc1cc(OC)c(CCNC(N)=NCCc2ccccn2)c(OC)c1.I. The molecule has 0 amide bonds. The Balaban J connectivity index is 0.00000364. The molecule has 27 heavy (non-hydrogen) atoms. The minimum Gasteiger partial charge on any atom is -0.496 e. The maximum Gasteiger partial charge on any atom is 0.188 e. The molecule has 7 nitrogen and oxygen atoms in total. The molecule has 0 unspecified atom stereocenters. The van der Waals surface area contributed by atoms with Crippen molar-refractivity contribution in [3.63, 3.8) is 0 Å². The summed E-state index contributed by atoms with van der Waals surface area (Å²) in [6.45, 7) is 1.20. The van der Waals surface area contributed by atoms with E-state index in [0.29, 0.717) is 42.7 Å². The smallest absolute Gasteiger partial charge is 0.188 e. The van der Waals surface area contributed by atoms with Crippen molar-refractivity contribution < 1.29 is 14.2 Å². The number of guanidine groups is 1. The van der Waals surface area contributed by atoms with Crippen molar-refractivity contribution in [2.45, 2.75) is 12.8 Å². The number of aliphatic imine (C=N–C) groups is 1. The molecule has 0 aliphatic rings. The van der Waals surface area contributed by atoms with Crippen LogP contribution in [0.15, 0.2) is 41.5 Å². The summed E-state index contributed by atoms with van der Waals surface area (Å²) in [6, 6.07) is 9.50. The Kier molecular flexibility index (Phi) is 10.3. The van der Waals surface area contributed by atoms with Crippen LogP contribution in [0.4, 0.5) is 0 Å². The zero-order valence-corrected chi connectivity index (χ0v) is 18.2. The van der Waals surface area contributed by atoms with Crippen molar-refractivity contribution in [3.05, 3.63) is 47.8 Å². The van der Waals surface area contributed by atoms with Crippen LogP contribution in [0.2, 0.25) is 0 Å². The van der Waals surface area contributed by atoms with Crippen molar-refractivity contribution in [3.8, 4) is 17.2 Å². The second-order valence-electron chi connectivity index (χ2n) is 5.53. The van der Waals surface area contributed by atoms with E-state index < -0.39 is 0 Å². The highest BCUT2D eigenvalue weighted by Gasteiger charge is 2.13. The minimum atomic E-state index is 0. The lowest BCUT2D eigenvalue weighted by atomic mass is 10.1. The number of pyridine rings is 1. The van der Waals surface area contributed by atoms with Crippen LogP contribution in [0.25, 0.3) is 0 Å². The van der Waals surface area contributed by atoms with Crippen LogP contribution in [0, 0.1) is 0 Å². The third kappa shape index (κ3) is 7.12. The lowest BCUT2D eigenvalue weighted by molar-refractivity contribution is 0.368. The molecule has 0 spiro atoms. The quantitative estimate of drug-likeness (QED) is 0.322. The van der Waals surface area contributed by atoms with E-state index in [0.717, 1.165) is 17.7 Å². The molecule has 0 aliphatic heterocycles. The van der Waals surface area contributed by atoms with Gasteiger partial charge in [-0.25, -0.2) is 0 Å². The predicted octanol–water partition coefficient (Wildman–Crippen LogP) is 2.41. The maximum absolute atomic E-state index is 5.92. The lowest BCUT2D eigenvalue weighted by Gasteiger charge is -2.15. The normalized spacial score (nSPS) is 10.7. The second-order valence-corrected chi connectivity index (χ2v) is 5.53. The van der Waals surface area contributed by atoms with Crippen LogP contribution < -0.4 is 25.3 Å². The number of hydrogen-bond acceptors (Lipinski definition) is 5. The molecule has 3 N–H and O–H groups in total. The van der Waals surface area contributed by atoms with Gasteiger partial charge in [0.1, 0.15) is 17.2 Å². The predicted molar refractivity (Wildman–Crippen MR) is 118 cm³/mol. The van der Waals surface area contributed by atoms with Crippen molar-refractivity contribution in [1.29, 1.82) is 0 Å². The molecular formula is C19H27IN4O3. The van der Waals surface area contributed by atoms with E-state index in [-0.39, 0.29) is 24.0 Å². The van der Waals surface area contributed by atoms with Crippen molar-refractivity contribution >= 4 is 29.9 Å². The summed E-state index contributed by atoms with van der Waals surface area (Å²) in [7, 11) is 4.86. The molecule has 0 fully saturated rings. The van der Waals surface area contributed by atoms with E-state index in [1.54, 1.807) is 27.5 Å². The number of ether oxygens (including phenoxy) is 3. The van der Waals surface area contributed by atoms with E-state index in [1.165, 1.54) is 0 Å². The van der Waals surface area contributed by atoms with Crippen molar-refractivity contribution in [2.75, 3.05) is 34.4 Å². The topological polar surface area (TPSA) is 91.0 Å². The number of nitrogens with two attached hydrogens (primary N) is 1. The molecule has 1 aromatic carbocycles. The van der Waals surface area contributed by atoms with Crippen LogP contribution >= 0.6 is 24.0 Å². The van der Waals surface area contributed by atoms with Gasteiger partial charge < -0.3 is 25.3 Å². The molecule has 0 aliphatic carbocycles. The highest BCUT2D eigenvalue weighted by atomic mass is 127. The standard InChI is InChI=1S/C19H26N4O3.HI/c1-24-15-12-17(25-2)16(18(13-15)26-3)8-11-23-19(20)22-10-7-14-6-4-5-9-21-14;/h4-6,9,12-13H,7-8,10-11H2,1-3H3,(H3,20,22,23);1H. The molecule has 0 radical (unpaired) electrons. The van der Waals surface area contributed by atoms with Crippen molar-refractivity contribution in [1.82, 2.24) is 10.3 Å². The molecule has 2 aromatic rings. The Morgan fingerprint density at radius 2 is 1.78 bits per heavy atom. The number of halogens is 1. The van der Waals surface area contributed by atoms with Crippen molar-refractivity contribution in [2.24, 2.45) is 10.7 Å². The Bertz CT molecular complexity index is 701. The maximum atomic E-state index is 5.92. The van der Waals surface area contributed by atoms with Gasteiger partial charge >= 0.3 is 0 Å². The largest absolute Gasteiger partial charge is 0.496 e. The van der Waals surface area contributed by atoms with Gasteiger partial charge in [-0.1, -0.05) is 6.07 Å². The van der Waals surface area contributed by atoms with Crippen LogP contribution in [0.1, 0.15) is 11.3 Å². The lowest BCUT2D eigenvalue weighted by Crippen LogP contribution is -2.33. The number of nitrogens with zero attached hydrogens (tertiary/aromatic N) is 2. The van der Waals surface area contributed by atoms with Gasteiger partial charge in [-0.2, -0.15) is 0 Å². The fourth-order valence-electron chi connectivity index (χ4n) is 2.53. The first-order chi connectivity index (χ1) is 12.7. The molecule has 0 saturated carbocycles. The van der Waals surface area contributed by atoms with Gasteiger partial charge in [-0.05, 0) is 18.6 Å². The van der Waals surface area contributed by atoms with E-state index in [4.69, 9.17) is 19.9 Å². The highest BCUT2D eigenvalue weighted by molar-refractivity contribution is 14.0. The summed E-state index contributed by atoms with van der Waals surface area (Å²) in [6.07, 6.45) is 3.20. The Labute approximate surface area is 177 Å². The van der Waals surface area contributed by atoms with E-state index in [2.05, 4.69) is 15.3 Å². The van der Waals surface area contributed by atoms with E-state index in [1.807, 2.05) is 30.3 Å². The van der Waals surface area contributed by atoms with Gasteiger partial charge in [0.05, 0.1) is 21.3 Å². The van der Waals surface area contributed by atoms with E-state index in [9.17, 15) is 0 Å². The molecular weight excluding hydrogens is 459 g/mol. The molecule has 0 saturated heterocycles. The van der Waals surface area contributed by atoms with Gasteiger partial charge in [-0.15, -0.1) is 24.0 Å². The fourth-order valence-corrected chi connectivity index (χ4v) is 2.53. The highest BCUT2D eigenvalue weighted by Crippen LogP contribution is 2.34. The van der Waals surface area contributed by atoms with Crippen LogP contribution in [-0.2, 0) is 12.8 Å². The number of benzene rings is 1. The van der Waals surface area contributed by atoms with Gasteiger partial charge in [0.2, 0.25) is 0 Å². The summed E-state index contributed by atoms with van der Waals surface area (Å²) >= 11 is 0. The molecule has 148 valence electrons. The van der Waals surface area contributed by atoms with E-state index >= 15 is 0 Å². The Morgan fingerprint density at radius 1 is 1.07 bits per heavy atom. The molecule has 1 aromatic heterocycles. The second kappa shape index (κ2) is 12.2. The summed E-state index contributed by atoms with van der Waals surface area (Å²) in [5, 5.41) is 3.11. The molecule has 2 rings (SSSR count). The zero-order chi connectivity index (χ0) is 18.8. The summed E-state index contributed by atoms with van der Waals surface area (Å²) in [4.78, 5) is 8.59. The minimum absolute atomic E-state index is 0. The van der Waals surface area contributed by atoms with Gasteiger partial charge in [0.15, 0.2) is 5.96 Å². The Morgan fingerprint density at radius 3 is 2.33 bits per heavy atom. The van der Waals surface area contributed by atoms with Crippen LogP contribution in [0.5, 0.6) is 17.2 Å². The van der Waals surface area contributed by atoms with Crippen LogP contribution in [0.3, 0.4) is 0 Å². The number of hydrogen-bond donors (Lipinski definition) is 2. The first-order valence-electron chi connectivity index (χ1n) is 8.40. The van der Waals surface area contributed by atoms with Gasteiger partial charge in [-0.3, -0.25) is 9.98 Å². The Hall–Kier alpha value is -2.23. The molecule has 0 bridgehead atoms. The third-order valence-electron chi connectivity index (χ3n) is 3.87. The van der Waals surface area contributed by atoms with Gasteiger partial charge in [0, 0.05) is 49.1 Å². The number of nitrogens with one attached hydrogen (secondary N) is 1. The van der Waals surface area contributed by atoms with Gasteiger partial charge in [0.25, 0.3) is 0 Å². The third-order valence-corrected chi connectivity index (χ3v) is 3.87. The average molecular weight is 486 g/mol.